The van der Waals surface area contributed by atoms with Gasteiger partial charge in [0.15, 0.2) is 5.44 Å². The van der Waals surface area contributed by atoms with E-state index in [4.69, 9.17) is 18.6 Å². The zero-order valence-corrected chi connectivity index (χ0v) is 8.16. The van der Waals surface area contributed by atoms with Gasteiger partial charge < -0.3 is 18.6 Å². The van der Waals surface area contributed by atoms with Crippen LogP contribution in [0.5, 0.6) is 0 Å². The fourth-order valence-corrected chi connectivity index (χ4v) is 1.30. The Kier molecular flexibility index (Phi) is 5.60. The fourth-order valence-electron chi connectivity index (χ4n) is 0.653. The van der Waals surface area contributed by atoms with Gasteiger partial charge in [0.2, 0.25) is 0 Å². The van der Waals surface area contributed by atoms with Gasteiger partial charge in [-0.15, -0.1) is 0 Å². The van der Waals surface area contributed by atoms with Crippen molar-refractivity contribution in [1.29, 1.82) is 0 Å². The first kappa shape index (κ1) is 12.0. The summed E-state index contributed by atoms with van der Waals surface area (Å²) < 4.78 is 37.9. The summed E-state index contributed by atoms with van der Waals surface area (Å²) >= 11 is 0. The summed E-state index contributed by atoms with van der Waals surface area (Å²) in [4.78, 5) is 0. The predicted molar refractivity (Wildman–Crippen MR) is 46.7 cm³/mol. The number of ether oxygens (including phenoxy) is 2. The van der Waals surface area contributed by atoms with E-state index in [1.807, 2.05) is 0 Å². The molecule has 0 saturated heterocycles. The van der Waals surface area contributed by atoms with Gasteiger partial charge in [-0.2, -0.15) is 0 Å². The lowest BCUT2D eigenvalue weighted by Gasteiger charge is -2.22. The molecule has 0 radical (unpaired) electrons. The van der Waals surface area contributed by atoms with Gasteiger partial charge in [-0.05, 0) is 13.8 Å². The van der Waals surface area contributed by atoms with Crippen LogP contribution >= 0.6 is 0 Å². The third-order valence-electron chi connectivity index (χ3n) is 1.20. The zero-order chi connectivity index (χ0) is 9.61. The first-order valence-electron chi connectivity index (χ1n) is 3.76. The second kappa shape index (κ2) is 5.60. The smallest absolute Gasteiger partial charge is 0.175 e. The predicted octanol–water partition coefficient (Wildman–Crippen LogP) is 0.348. The van der Waals surface area contributed by atoms with Crippen molar-refractivity contribution in [2.24, 2.45) is 0 Å². The Labute approximate surface area is 73.1 Å². The molecule has 0 aromatic heterocycles. The van der Waals surface area contributed by atoms with Crippen molar-refractivity contribution >= 4 is 10.5 Å². The van der Waals surface area contributed by atoms with Crippen LogP contribution in [-0.2, 0) is 20.0 Å². The van der Waals surface area contributed by atoms with Crippen LogP contribution in [0.2, 0.25) is 0 Å². The Hall–Kier alpha value is -0.0100. The Bertz CT molecular complexity index is 154. The largest absolute Gasteiger partial charge is 0.378 e. The van der Waals surface area contributed by atoms with Crippen molar-refractivity contribution in [3.8, 4) is 0 Å². The molecule has 0 amide bonds. The van der Waals surface area contributed by atoms with E-state index in [2.05, 4.69) is 0 Å². The van der Waals surface area contributed by atoms with E-state index in [0.29, 0.717) is 6.61 Å². The topological polar surface area (TPSA) is 76.0 Å². The van der Waals surface area contributed by atoms with Crippen molar-refractivity contribution in [3.05, 3.63) is 0 Å². The summed E-state index contributed by atoms with van der Waals surface area (Å²) in [6, 6.07) is 0. The van der Waals surface area contributed by atoms with Crippen molar-refractivity contribution in [1.82, 2.24) is 0 Å². The molecule has 0 aliphatic carbocycles. The van der Waals surface area contributed by atoms with Gasteiger partial charge >= 0.3 is 0 Å². The van der Waals surface area contributed by atoms with Gasteiger partial charge in [0.25, 0.3) is 0 Å². The van der Waals surface area contributed by atoms with Crippen molar-refractivity contribution in [2.45, 2.75) is 19.3 Å². The molecule has 0 spiro atoms. The summed E-state index contributed by atoms with van der Waals surface area (Å²) in [6.07, 6.45) is 0. The molecule has 0 fully saturated rings. The van der Waals surface area contributed by atoms with Crippen LogP contribution in [0.15, 0.2) is 0 Å². The third-order valence-corrected chi connectivity index (χ3v) is 2.25. The first-order chi connectivity index (χ1) is 5.52. The minimum Gasteiger partial charge on any atom is -0.378 e. The lowest BCUT2D eigenvalue weighted by Crippen LogP contribution is -2.34. The van der Waals surface area contributed by atoms with Crippen LogP contribution in [0, 0.1) is 0 Å². The second-order valence-electron chi connectivity index (χ2n) is 2.16. The van der Waals surface area contributed by atoms with Gasteiger partial charge in [0.1, 0.15) is 10.5 Å². The summed E-state index contributed by atoms with van der Waals surface area (Å²) in [5, 5.41) is 0. The molecular weight excluding hydrogens is 184 g/mol. The highest BCUT2D eigenvalue weighted by molar-refractivity contribution is 7.92. The number of hydrogen-bond donors (Lipinski definition) is 3. The Balaban J connectivity index is 3.95. The molecule has 0 bridgehead atoms. The standard InChI is InChI=1S/C6H16O5S/c1-3-10-5-6(11-4-2)12(7,8)9/h6,12H,3-5H2,1-2H3,(H2,7,8,9). The monoisotopic (exact) mass is 200 g/mol. The van der Waals surface area contributed by atoms with Crippen LogP contribution < -0.4 is 0 Å². The molecule has 0 aromatic rings. The van der Waals surface area contributed by atoms with Crippen LogP contribution in [0.3, 0.4) is 0 Å². The third kappa shape index (κ3) is 4.78. The maximum absolute atomic E-state index is 10.7. The molecule has 0 aliphatic heterocycles. The van der Waals surface area contributed by atoms with Gasteiger partial charge in [0.05, 0.1) is 6.61 Å². The Morgan fingerprint density at radius 3 is 2.25 bits per heavy atom. The molecule has 0 rings (SSSR count). The molecule has 12 heavy (non-hydrogen) atoms. The fraction of sp³-hybridized carbons (Fsp3) is 1.00. The molecule has 2 N–H and O–H groups in total. The Morgan fingerprint density at radius 1 is 1.33 bits per heavy atom. The lowest BCUT2D eigenvalue weighted by molar-refractivity contribution is 0.0259. The normalized spacial score (nSPS) is 16.0. The second-order valence-corrected chi connectivity index (χ2v) is 3.91. The van der Waals surface area contributed by atoms with E-state index < -0.39 is 15.9 Å². The Morgan fingerprint density at radius 2 is 1.92 bits per heavy atom. The average molecular weight is 200 g/mol. The zero-order valence-electron chi connectivity index (χ0n) is 7.27. The van der Waals surface area contributed by atoms with Gasteiger partial charge in [0, 0.05) is 13.2 Å². The van der Waals surface area contributed by atoms with Gasteiger partial charge in [-0.1, -0.05) is 0 Å². The number of hydrogen-bond acceptors (Lipinski definition) is 3. The van der Waals surface area contributed by atoms with E-state index in [1.54, 1.807) is 13.8 Å². The highest BCUT2D eigenvalue weighted by atomic mass is 32.3. The van der Waals surface area contributed by atoms with Crippen LogP contribution in [0.1, 0.15) is 13.8 Å². The highest BCUT2D eigenvalue weighted by Crippen LogP contribution is 2.06. The molecule has 1 unspecified atom stereocenters. The highest BCUT2D eigenvalue weighted by Gasteiger charge is 2.21. The summed E-state index contributed by atoms with van der Waals surface area (Å²) in [6.45, 7) is 4.05. The van der Waals surface area contributed by atoms with Crippen molar-refractivity contribution in [2.75, 3.05) is 19.8 Å². The molecule has 6 heteroatoms. The maximum Gasteiger partial charge on any atom is 0.175 e. The SMILES string of the molecule is CCOCC(OCC)[SH](=O)(O)O. The molecule has 1 atom stereocenters. The van der Waals surface area contributed by atoms with Crippen molar-refractivity contribution in [3.63, 3.8) is 0 Å². The summed E-state index contributed by atoms with van der Waals surface area (Å²) in [5.41, 5.74) is -1.12. The average Bonchev–Trinajstić information content (AvgIpc) is 1.95. The molecule has 0 saturated carbocycles. The van der Waals surface area contributed by atoms with Crippen molar-refractivity contribution < 1.29 is 22.8 Å². The quantitative estimate of drug-likeness (QED) is 0.539. The molecule has 0 aliphatic rings. The van der Waals surface area contributed by atoms with E-state index in [0.717, 1.165) is 0 Å². The molecular formula is C6H16O5S. The minimum atomic E-state index is -4.17. The van der Waals surface area contributed by atoms with E-state index in [-0.39, 0.29) is 13.2 Å². The maximum atomic E-state index is 10.7. The number of rotatable bonds is 6. The van der Waals surface area contributed by atoms with Gasteiger partial charge in [-0.25, -0.2) is 4.21 Å². The molecule has 76 valence electrons. The molecule has 0 aromatic carbocycles. The van der Waals surface area contributed by atoms with Crippen LogP contribution in [-0.4, -0.2) is 38.6 Å². The van der Waals surface area contributed by atoms with Crippen LogP contribution in [0.4, 0.5) is 0 Å². The van der Waals surface area contributed by atoms with E-state index in [1.165, 1.54) is 0 Å². The minimum absolute atomic E-state index is 0.0609. The summed E-state index contributed by atoms with van der Waals surface area (Å²) in [5.74, 6) is 0. The number of thiol groups is 1. The van der Waals surface area contributed by atoms with Crippen LogP contribution in [0.25, 0.3) is 0 Å². The lowest BCUT2D eigenvalue weighted by atomic mass is 10.7. The van der Waals surface area contributed by atoms with E-state index in [9.17, 15) is 4.21 Å². The van der Waals surface area contributed by atoms with E-state index >= 15 is 0 Å². The van der Waals surface area contributed by atoms with Gasteiger partial charge in [-0.3, -0.25) is 0 Å². The molecule has 5 nitrogen and oxygen atoms in total. The summed E-state index contributed by atoms with van der Waals surface area (Å²) in [7, 11) is -4.17. The molecule has 0 heterocycles. The first-order valence-corrected chi connectivity index (χ1v) is 5.45.